The van der Waals surface area contributed by atoms with E-state index in [0.717, 1.165) is 4.88 Å². The van der Waals surface area contributed by atoms with Crippen LogP contribution < -0.4 is 5.32 Å². The summed E-state index contributed by atoms with van der Waals surface area (Å²) in [6, 6.07) is 3.03. The Morgan fingerprint density at radius 2 is 2.13 bits per heavy atom. The average Bonchev–Trinajstić information content (AvgIpc) is 3.39. The van der Waals surface area contributed by atoms with E-state index >= 15 is 0 Å². The van der Waals surface area contributed by atoms with Crippen LogP contribution in [0.15, 0.2) is 18.5 Å². The number of aromatic nitrogens is 4. The number of rotatable bonds is 2. The number of aryl methyl sites for hydroxylation is 1. The second kappa shape index (κ2) is 7.63. The maximum absolute atomic E-state index is 12.3. The number of fused-ring (bicyclic) bond motifs is 1. The third-order valence-corrected chi connectivity index (χ3v) is 6.72. The average molecular weight is 446 g/mol. The Hall–Kier alpha value is -2.51. The number of carbonyl (C=O) groups excluding carboxylic acids is 1. The van der Waals surface area contributed by atoms with Crippen LogP contribution in [-0.2, 0) is 4.79 Å². The molecule has 2 unspecified atom stereocenters. The Balaban J connectivity index is 1.75. The molecule has 1 aliphatic rings. The van der Waals surface area contributed by atoms with Gasteiger partial charge < -0.3 is 20.1 Å². The number of aliphatic hydroxyl groups excluding tert-OH is 2. The molecule has 4 atom stereocenters. The monoisotopic (exact) mass is 445 g/mol. The van der Waals surface area contributed by atoms with Crippen LogP contribution in [0.4, 0.5) is 0 Å². The fraction of sp³-hybridized carbons (Fsp3) is 0.400. The van der Waals surface area contributed by atoms with Gasteiger partial charge in [-0.25, -0.2) is 15.0 Å². The quantitative estimate of drug-likeness (QED) is 0.517. The molecule has 10 heteroatoms. The van der Waals surface area contributed by atoms with E-state index in [1.54, 1.807) is 23.9 Å². The molecule has 0 radical (unpaired) electrons. The van der Waals surface area contributed by atoms with Crippen molar-refractivity contribution >= 4 is 40.0 Å². The molecule has 8 nitrogen and oxygen atoms in total. The van der Waals surface area contributed by atoms with Gasteiger partial charge >= 0.3 is 0 Å². The third kappa shape index (κ3) is 3.36. The number of thiophene rings is 1. The Morgan fingerprint density at radius 3 is 2.80 bits per heavy atom. The smallest absolute Gasteiger partial charge is 0.228 e. The minimum Gasteiger partial charge on any atom is -0.389 e. The van der Waals surface area contributed by atoms with Crippen molar-refractivity contribution in [3.63, 3.8) is 0 Å². The minimum absolute atomic E-state index is 0.234. The molecular weight excluding hydrogens is 426 g/mol. The van der Waals surface area contributed by atoms with Crippen LogP contribution in [0.5, 0.6) is 0 Å². The van der Waals surface area contributed by atoms with Crippen LogP contribution >= 0.6 is 22.9 Å². The van der Waals surface area contributed by atoms with E-state index in [9.17, 15) is 15.0 Å². The van der Waals surface area contributed by atoms with E-state index in [2.05, 4.69) is 32.1 Å². The van der Waals surface area contributed by atoms with Crippen LogP contribution in [-0.4, -0.2) is 54.9 Å². The second-order valence-corrected chi connectivity index (χ2v) is 9.23. The molecule has 3 N–H and O–H groups in total. The van der Waals surface area contributed by atoms with Crippen LogP contribution in [0.3, 0.4) is 0 Å². The summed E-state index contributed by atoms with van der Waals surface area (Å²) in [5, 5.41) is 23.8. The van der Waals surface area contributed by atoms with Gasteiger partial charge in [0, 0.05) is 7.05 Å². The Labute approximate surface area is 181 Å². The predicted octanol–water partition coefficient (Wildman–Crippen LogP) is 1.67. The fourth-order valence-electron chi connectivity index (χ4n) is 3.89. The highest BCUT2D eigenvalue weighted by molar-refractivity contribution is 7.16. The molecule has 0 bridgehead atoms. The van der Waals surface area contributed by atoms with Crippen molar-refractivity contribution in [2.24, 2.45) is 5.41 Å². The van der Waals surface area contributed by atoms with Crippen molar-refractivity contribution in [2.45, 2.75) is 38.5 Å². The molecule has 3 aromatic heterocycles. The van der Waals surface area contributed by atoms with E-state index in [0.29, 0.717) is 27.0 Å². The number of aliphatic hydroxyl groups is 2. The molecule has 1 saturated carbocycles. The Morgan fingerprint density at radius 1 is 1.37 bits per heavy atom. The number of nitrogens with one attached hydrogen (secondary N) is 1. The minimum atomic E-state index is -1.22. The topological polar surface area (TPSA) is 113 Å². The number of carbonyl (C=O) groups is 1. The van der Waals surface area contributed by atoms with E-state index < -0.39 is 23.7 Å². The van der Waals surface area contributed by atoms with E-state index in [1.807, 2.05) is 13.0 Å². The van der Waals surface area contributed by atoms with Gasteiger partial charge in [0.1, 0.15) is 11.6 Å². The van der Waals surface area contributed by atoms with Gasteiger partial charge in [0.25, 0.3) is 0 Å². The molecule has 0 aliphatic heterocycles. The lowest BCUT2D eigenvalue weighted by atomic mass is 9.85. The van der Waals surface area contributed by atoms with Crippen molar-refractivity contribution in [1.29, 1.82) is 0 Å². The Kier molecular flexibility index (Phi) is 5.28. The lowest BCUT2D eigenvalue weighted by molar-refractivity contribution is -0.136. The maximum Gasteiger partial charge on any atom is 0.228 e. The van der Waals surface area contributed by atoms with Crippen molar-refractivity contribution in [1.82, 2.24) is 24.8 Å². The van der Waals surface area contributed by atoms with Crippen molar-refractivity contribution in [3.05, 3.63) is 39.2 Å². The molecule has 1 amide bonds. The standard InChI is InChI=1S/C20H20ClN5O3S/c1-10-15-18(25-14(24-10)7-5-11-4-6-13(21)30-11)26(9-23-15)12-8-20(2,19(29)22-3)17(28)16(12)27/h4,6,9,12,16-17,27-28H,8H2,1-3H3,(H,22,29)/t12-,16?,17?,20+/m1/s1. The number of imidazole rings is 1. The lowest BCUT2D eigenvalue weighted by Gasteiger charge is -2.26. The number of amides is 1. The molecule has 3 aromatic rings. The highest BCUT2D eigenvalue weighted by Gasteiger charge is 2.54. The van der Waals surface area contributed by atoms with Crippen LogP contribution in [0, 0.1) is 24.2 Å². The van der Waals surface area contributed by atoms with Crippen molar-refractivity contribution < 1.29 is 15.0 Å². The molecular formula is C20H20ClN5O3S. The maximum atomic E-state index is 12.3. The summed E-state index contributed by atoms with van der Waals surface area (Å²) in [5.41, 5.74) is 0.594. The van der Waals surface area contributed by atoms with Crippen LogP contribution in [0.2, 0.25) is 4.34 Å². The molecule has 0 spiro atoms. The highest BCUT2D eigenvalue weighted by atomic mass is 35.5. The van der Waals surface area contributed by atoms with Gasteiger partial charge in [-0.15, -0.1) is 11.3 Å². The van der Waals surface area contributed by atoms with E-state index in [1.165, 1.54) is 18.4 Å². The molecule has 0 saturated heterocycles. The molecule has 156 valence electrons. The molecule has 4 rings (SSSR count). The summed E-state index contributed by atoms with van der Waals surface area (Å²) in [4.78, 5) is 26.4. The number of hydrogen-bond acceptors (Lipinski definition) is 7. The summed E-state index contributed by atoms with van der Waals surface area (Å²) >= 11 is 7.31. The van der Waals surface area contributed by atoms with Gasteiger partial charge in [-0.3, -0.25) is 4.79 Å². The Bertz CT molecular complexity index is 1200. The molecule has 30 heavy (non-hydrogen) atoms. The summed E-state index contributed by atoms with van der Waals surface area (Å²) in [5.74, 6) is 5.92. The van der Waals surface area contributed by atoms with Crippen molar-refractivity contribution in [2.75, 3.05) is 7.05 Å². The molecule has 3 heterocycles. The first-order valence-corrected chi connectivity index (χ1v) is 10.5. The largest absolute Gasteiger partial charge is 0.389 e. The first-order chi connectivity index (χ1) is 14.2. The zero-order valence-corrected chi connectivity index (χ0v) is 18.1. The van der Waals surface area contributed by atoms with Gasteiger partial charge in [-0.05, 0) is 44.2 Å². The van der Waals surface area contributed by atoms with Crippen LogP contribution in [0.1, 0.15) is 35.8 Å². The SMILES string of the molecule is CNC(=O)[C@@]1(C)C[C@@H](n2cnc3c(C)nc(C#Cc4ccc(Cl)s4)nc32)C(O)C1O. The molecule has 0 aromatic carbocycles. The van der Waals surface area contributed by atoms with Gasteiger partial charge in [0.05, 0.1) is 38.8 Å². The fourth-order valence-corrected chi connectivity index (χ4v) is 4.79. The van der Waals surface area contributed by atoms with E-state index in [-0.39, 0.29) is 12.3 Å². The van der Waals surface area contributed by atoms with Gasteiger partial charge in [0.15, 0.2) is 5.65 Å². The molecule has 1 fully saturated rings. The van der Waals surface area contributed by atoms with Gasteiger partial charge in [-0.1, -0.05) is 11.6 Å². The second-order valence-electron chi connectivity index (χ2n) is 7.51. The zero-order chi connectivity index (χ0) is 21.6. The van der Waals surface area contributed by atoms with E-state index in [4.69, 9.17) is 11.6 Å². The zero-order valence-electron chi connectivity index (χ0n) is 16.5. The summed E-state index contributed by atoms with van der Waals surface area (Å²) in [6.45, 7) is 3.45. The first kappa shape index (κ1) is 20.8. The number of halogens is 1. The lowest BCUT2D eigenvalue weighted by Crippen LogP contribution is -2.45. The number of nitrogens with zero attached hydrogens (tertiary/aromatic N) is 4. The first-order valence-electron chi connectivity index (χ1n) is 9.31. The summed E-state index contributed by atoms with van der Waals surface area (Å²) < 4.78 is 2.34. The molecule has 1 aliphatic carbocycles. The summed E-state index contributed by atoms with van der Waals surface area (Å²) in [7, 11) is 1.51. The predicted molar refractivity (Wildman–Crippen MR) is 113 cm³/mol. The van der Waals surface area contributed by atoms with Crippen molar-refractivity contribution in [3.8, 4) is 11.8 Å². The van der Waals surface area contributed by atoms with Gasteiger partial charge in [-0.2, -0.15) is 0 Å². The highest BCUT2D eigenvalue weighted by Crippen LogP contribution is 2.45. The normalized spacial score (nSPS) is 25.9. The number of hydrogen-bond donors (Lipinski definition) is 3. The summed E-state index contributed by atoms with van der Waals surface area (Å²) in [6.07, 6.45) is -0.578. The third-order valence-electron chi connectivity index (χ3n) is 5.57. The van der Waals surface area contributed by atoms with Crippen LogP contribution in [0.25, 0.3) is 11.2 Å². The van der Waals surface area contributed by atoms with Gasteiger partial charge in [0.2, 0.25) is 11.7 Å².